The van der Waals surface area contributed by atoms with E-state index in [0.29, 0.717) is 11.1 Å². The second-order valence-electron chi connectivity index (χ2n) is 9.39. The van der Waals surface area contributed by atoms with Crippen molar-refractivity contribution in [1.82, 2.24) is 25.9 Å². The molecule has 2 aromatic carbocycles. The predicted molar refractivity (Wildman–Crippen MR) is 157 cm³/mol. The molecule has 0 spiro atoms. The molecule has 4 aromatic rings. The Morgan fingerprint density at radius 1 is 1.02 bits per heavy atom. The van der Waals surface area contributed by atoms with Crippen molar-refractivity contribution in [3.63, 3.8) is 0 Å². The molecule has 212 valence electrons. The lowest BCUT2D eigenvalue weighted by molar-refractivity contribution is -0.130. The smallest absolute Gasteiger partial charge is 0.243 e. The summed E-state index contributed by atoms with van der Waals surface area (Å²) >= 11 is 1.19. The van der Waals surface area contributed by atoms with Crippen molar-refractivity contribution in [3.05, 3.63) is 88.0 Å². The van der Waals surface area contributed by atoms with E-state index < -0.39 is 30.4 Å². The zero-order chi connectivity index (χ0) is 29.4. The summed E-state index contributed by atoms with van der Waals surface area (Å²) < 4.78 is 0. The Balaban J connectivity index is 1.44. The zero-order valence-electron chi connectivity index (χ0n) is 22.4. The summed E-state index contributed by atoms with van der Waals surface area (Å²) in [4.78, 5) is 58.7. The number of amidine groups is 1. The van der Waals surface area contributed by atoms with Gasteiger partial charge in [-0.1, -0.05) is 43.3 Å². The molecule has 0 saturated heterocycles. The maximum Gasteiger partial charge on any atom is 0.243 e. The Morgan fingerprint density at radius 2 is 1.80 bits per heavy atom. The SMILES string of the molecule is CCC(=O)NC(Cc1cccc(C(=N)N)c1)C(=O)NCC(=O)NC(Cc1c[nH]c2ccccc12)C(=O)c1nccs1. The van der Waals surface area contributed by atoms with Gasteiger partial charge < -0.3 is 26.7 Å². The summed E-state index contributed by atoms with van der Waals surface area (Å²) in [5.74, 6) is -1.90. The number of nitrogens with one attached hydrogen (secondary N) is 5. The van der Waals surface area contributed by atoms with Gasteiger partial charge in [-0.2, -0.15) is 0 Å². The fraction of sp³-hybridized carbons (Fsp3) is 0.241. The van der Waals surface area contributed by atoms with Gasteiger partial charge in [-0.15, -0.1) is 11.3 Å². The fourth-order valence-electron chi connectivity index (χ4n) is 4.37. The first-order chi connectivity index (χ1) is 19.7. The molecule has 0 saturated carbocycles. The summed E-state index contributed by atoms with van der Waals surface area (Å²) in [6.45, 7) is 1.27. The summed E-state index contributed by atoms with van der Waals surface area (Å²) in [6.07, 6.45) is 3.87. The highest BCUT2D eigenvalue weighted by atomic mass is 32.1. The van der Waals surface area contributed by atoms with Crippen molar-refractivity contribution in [2.75, 3.05) is 6.54 Å². The van der Waals surface area contributed by atoms with Gasteiger partial charge in [-0.05, 0) is 23.3 Å². The third-order valence-electron chi connectivity index (χ3n) is 6.47. The molecule has 12 heteroatoms. The Morgan fingerprint density at radius 3 is 2.54 bits per heavy atom. The predicted octanol–water partition coefficient (Wildman–Crippen LogP) is 2.07. The normalized spacial score (nSPS) is 12.3. The third kappa shape index (κ3) is 7.63. The molecule has 0 aliphatic carbocycles. The largest absolute Gasteiger partial charge is 0.384 e. The number of rotatable bonds is 13. The minimum atomic E-state index is -0.962. The number of amides is 3. The Hall–Kier alpha value is -4.84. The number of benzene rings is 2. The molecule has 0 bridgehead atoms. The lowest BCUT2D eigenvalue weighted by Crippen LogP contribution is -2.51. The molecule has 7 N–H and O–H groups in total. The number of aromatic nitrogens is 2. The Labute approximate surface area is 240 Å². The van der Waals surface area contributed by atoms with Gasteiger partial charge in [0, 0.05) is 53.5 Å². The van der Waals surface area contributed by atoms with E-state index in [1.54, 1.807) is 36.6 Å². The van der Waals surface area contributed by atoms with Gasteiger partial charge in [0.25, 0.3) is 0 Å². The molecule has 4 rings (SSSR count). The number of thiazole rings is 1. The highest BCUT2D eigenvalue weighted by molar-refractivity contribution is 7.11. The highest BCUT2D eigenvalue weighted by Crippen LogP contribution is 2.20. The monoisotopic (exact) mass is 573 g/mol. The van der Waals surface area contributed by atoms with Crippen LogP contribution in [0.5, 0.6) is 0 Å². The van der Waals surface area contributed by atoms with Crippen LogP contribution in [0, 0.1) is 5.41 Å². The third-order valence-corrected chi connectivity index (χ3v) is 7.26. The molecular formula is C29H31N7O4S. The number of nitrogens with two attached hydrogens (primary N) is 1. The quantitative estimate of drug-likeness (QED) is 0.0808. The number of Topliss-reactive ketones (excluding diaryl/α,β-unsaturated/α-hetero) is 1. The molecule has 2 aromatic heterocycles. The molecule has 0 radical (unpaired) electrons. The van der Waals surface area contributed by atoms with Crippen LogP contribution < -0.4 is 21.7 Å². The Kier molecular flexibility index (Phi) is 9.59. The molecule has 0 fully saturated rings. The lowest BCUT2D eigenvalue weighted by Gasteiger charge is -2.20. The van der Waals surface area contributed by atoms with Gasteiger partial charge in [0.15, 0.2) is 5.01 Å². The van der Waals surface area contributed by atoms with Crippen molar-refractivity contribution < 1.29 is 19.2 Å². The molecule has 2 unspecified atom stereocenters. The van der Waals surface area contributed by atoms with E-state index in [9.17, 15) is 19.2 Å². The number of nitrogen functional groups attached to an aromatic ring is 1. The van der Waals surface area contributed by atoms with E-state index in [1.165, 1.54) is 17.5 Å². The molecule has 11 nitrogen and oxygen atoms in total. The summed E-state index contributed by atoms with van der Waals surface area (Å²) in [6, 6.07) is 12.6. The average molecular weight is 574 g/mol. The van der Waals surface area contributed by atoms with Gasteiger partial charge in [0.2, 0.25) is 23.5 Å². The van der Waals surface area contributed by atoms with Crippen LogP contribution in [-0.2, 0) is 27.2 Å². The van der Waals surface area contributed by atoms with Gasteiger partial charge in [-0.3, -0.25) is 24.6 Å². The number of carbonyl (C=O) groups excluding carboxylic acids is 4. The maximum absolute atomic E-state index is 13.2. The number of ketones is 1. The number of fused-ring (bicyclic) bond motifs is 1. The number of carbonyl (C=O) groups is 4. The second kappa shape index (κ2) is 13.5. The Bertz CT molecular complexity index is 1560. The number of para-hydroxylation sites is 1. The molecule has 2 heterocycles. The van der Waals surface area contributed by atoms with E-state index in [2.05, 4.69) is 25.9 Å². The van der Waals surface area contributed by atoms with Crippen molar-refractivity contribution in [2.45, 2.75) is 38.3 Å². The van der Waals surface area contributed by atoms with Crippen molar-refractivity contribution in [2.24, 2.45) is 5.73 Å². The van der Waals surface area contributed by atoms with Crippen LogP contribution in [0.25, 0.3) is 10.9 Å². The van der Waals surface area contributed by atoms with Crippen LogP contribution >= 0.6 is 11.3 Å². The van der Waals surface area contributed by atoms with Crippen LogP contribution in [0.4, 0.5) is 0 Å². The van der Waals surface area contributed by atoms with Crippen molar-refractivity contribution >= 4 is 51.6 Å². The van der Waals surface area contributed by atoms with Crippen molar-refractivity contribution in [3.8, 4) is 0 Å². The van der Waals surface area contributed by atoms with E-state index in [4.69, 9.17) is 11.1 Å². The number of aromatic amines is 1. The number of hydrogen-bond donors (Lipinski definition) is 6. The van der Waals surface area contributed by atoms with E-state index in [1.807, 2.05) is 30.5 Å². The minimum absolute atomic E-state index is 0.114. The van der Waals surface area contributed by atoms with Crippen LogP contribution in [-0.4, -0.2) is 57.9 Å². The van der Waals surface area contributed by atoms with Crippen molar-refractivity contribution in [1.29, 1.82) is 5.41 Å². The number of hydrogen-bond acceptors (Lipinski definition) is 7. The molecule has 3 amide bonds. The first-order valence-corrected chi connectivity index (χ1v) is 13.9. The number of H-pyrrole nitrogens is 1. The van der Waals surface area contributed by atoms with Crippen LogP contribution in [0.3, 0.4) is 0 Å². The minimum Gasteiger partial charge on any atom is -0.384 e. The second-order valence-corrected chi connectivity index (χ2v) is 10.3. The van der Waals surface area contributed by atoms with Crippen LogP contribution in [0.2, 0.25) is 0 Å². The van der Waals surface area contributed by atoms with Gasteiger partial charge in [0.05, 0.1) is 12.6 Å². The summed E-state index contributed by atoms with van der Waals surface area (Å²) in [7, 11) is 0. The summed E-state index contributed by atoms with van der Waals surface area (Å²) in [5.41, 5.74) is 8.53. The van der Waals surface area contributed by atoms with E-state index in [0.717, 1.165) is 16.5 Å². The highest BCUT2D eigenvalue weighted by Gasteiger charge is 2.27. The van der Waals surface area contributed by atoms with Crippen LogP contribution in [0.15, 0.2) is 66.3 Å². The van der Waals surface area contributed by atoms with E-state index >= 15 is 0 Å². The molecule has 0 aliphatic heterocycles. The lowest BCUT2D eigenvalue weighted by atomic mass is 10.0. The van der Waals surface area contributed by atoms with Gasteiger partial charge in [0.1, 0.15) is 11.9 Å². The topological polar surface area (TPSA) is 183 Å². The maximum atomic E-state index is 13.2. The first kappa shape index (κ1) is 29.2. The fourth-order valence-corrected chi connectivity index (χ4v) is 5.00. The summed E-state index contributed by atoms with van der Waals surface area (Å²) in [5, 5.41) is 18.5. The standard InChI is InChI=1S/C29H31N7O4S/c1-2-24(37)36-23(13-17-6-5-7-18(12-17)27(30)31)28(40)34-16-25(38)35-22(26(39)29-32-10-11-41-29)14-19-15-33-21-9-4-3-8-20(19)21/h3-12,15,22-23,33H,2,13-14,16H2,1H3,(H3,30,31)(H,34,40)(H,35,38)(H,36,37). The molecule has 41 heavy (non-hydrogen) atoms. The first-order valence-electron chi connectivity index (χ1n) is 13.0. The van der Waals surface area contributed by atoms with Gasteiger partial charge in [-0.25, -0.2) is 4.98 Å². The average Bonchev–Trinajstić information content (AvgIpc) is 3.66. The van der Waals surface area contributed by atoms with Crippen LogP contribution in [0.1, 0.15) is 39.8 Å². The van der Waals surface area contributed by atoms with Gasteiger partial charge >= 0.3 is 0 Å². The molecular weight excluding hydrogens is 542 g/mol. The number of nitrogens with zero attached hydrogens (tertiary/aromatic N) is 1. The molecule has 0 aliphatic rings. The zero-order valence-corrected chi connectivity index (χ0v) is 23.2. The molecule has 2 atom stereocenters. The van der Waals surface area contributed by atoms with E-state index in [-0.39, 0.29) is 41.8 Å².